The molecular formula is C24H23FN2O3S. The van der Waals surface area contributed by atoms with Crippen molar-refractivity contribution in [1.29, 1.82) is 0 Å². The fourth-order valence-corrected chi connectivity index (χ4v) is 5.17. The van der Waals surface area contributed by atoms with Gasteiger partial charge in [-0.25, -0.2) is 4.39 Å². The van der Waals surface area contributed by atoms with Gasteiger partial charge in [-0.2, -0.15) is 0 Å². The van der Waals surface area contributed by atoms with Crippen LogP contribution in [-0.4, -0.2) is 18.9 Å². The Balaban J connectivity index is 1.65. The fraction of sp³-hybridized carbons (Fsp3) is 0.250. The van der Waals surface area contributed by atoms with Crippen molar-refractivity contribution < 1.29 is 18.7 Å². The number of thiophene rings is 1. The molecule has 2 aromatic carbocycles. The Labute approximate surface area is 184 Å². The van der Waals surface area contributed by atoms with Crippen LogP contribution in [-0.2, 0) is 12.8 Å². The lowest BCUT2D eigenvalue weighted by Gasteiger charge is -2.18. The van der Waals surface area contributed by atoms with E-state index in [2.05, 4.69) is 17.6 Å². The van der Waals surface area contributed by atoms with Crippen molar-refractivity contribution in [1.82, 2.24) is 0 Å². The van der Waals surface area contributed by atoms with Crippen LogP contribution < -0.4 is 15.4 Å². The van der Waals surface area contributed by atoms with Crippen LogP contribution in [0.15, 0.2) is 48.5 Å². The van der Waals surface area contributed by atoms with Gasteiger partial charge in [0.25, 0.3) is 11.8 Å². The first-order valence-corrected chi connectivity index (χ1v) is 10.9. The van der Waals surface area contributed by atoms with Gasteiger partial charge in [-0.1, -0.05) is 19.1 Å². The summed E-state index contributed by atoms with van der Waals surface area (Å²) in [5, 5.41) is 6.15. The number of nitrogens with one attached hydrogen (secondary N) is 2. The molecule has 3 aromatic rings. The third kappa shape index (κ3) is 4.46. The highest BCUT2D eigenvalue weighted by Crippen LogP contribution is 2.40. The Morgan fingerprint density at radius 3 is 2.52 bits per heavy atom. The van der Waals surface area contributed by atoms with Crippen LogP contribution in [0.25, 0.3) is 0 Å². The van der Waals surface area contributed by atoms with Crippen LogP contribution in [0.2, 0.25) is 0 Å². The topological polar surface area (TPSA) is 67.4 Å². The highest BCUT2D eigenvalue weighted by atomic mass is 32.1. The first-order chi connectivity index (χ1) is 15.0. The Morgan fingerprint density at radius 1 is 1.06 bits per heavy atom. The van der Waals surface area contributed by atoms with E-state index in [1.165, 1.54) is 29.5 Å². The Morgan fingerprint density at radius 2 is 1.81 bits per heavy atom. The average Bonchev–Trinajstić information content (AvgIpc) is 3.11. The Kier molecular flexibility index (Phi) is 6.04. The zero-order valence-electron chi connectivity index (χ0n) is 17.3. The molecule has 4 rings (SSSR count). The summed E-state index contributed by atoms with van der Waals surface area (Å²) in [6.45, 7) is 2.18. The molecule has 1 atom stereocenters. The van der Waals surface area contributed by atoms with E-state index < -0.39 is 11.7 Å². The lowest BCUT2D eigenvalue weighted by atomic mass is 9.88. The molecule has 5 nitrogen and oxygen atoms in total. The maximum atomic E-state index is 14.1. The number of halogens is 1. The smallest absolute Gasteiger partial charge is 0.259 e. The molecule has 0 spiro atoms. The number of carbonyl (C=O) groups is 2. The number of hydrogen-bond donors (Lipinski definition) is 2. The summed E-state index contributed by atoms with van der Waals surface area (Å²) in [5.41, 5.74) is 2.01. The number of fused-ring (bicyclic) bond motifs is 1. The van der Waals surface area contributed by atoms with E-state index in [-0.39, 0.29) is 11.5 Å². The zero-order chi connectivity index (χ0) is 22.0. The number of anilines is 2. The molecule has 2 N–H and O–H groups in total. The van der Waals surface area contributed by atoms with Gasteiger partial charge in [-0.15, -0.1) is 11.3 Å². The van der Waals surface area contributed by atoms with E-state index in [1.54, 1.807) is 37.4 Å². The average molecular weight is 439 g/mol. The van der Waals surface area contributed by atoms with Gasteiger partial charge in [0.05, 0.1) is 18.2 Å². The van der Waals surface area contributed by atoms with Crippen molar-refractivity contribution in [3.63, 3.8) is 0 Å². The maximum Gasteiger partial charge on any atom is 0.259 e. The molecule has 0 bridgehead atoms. The second kappa shape index (κ2) is 8.89. The lowest BCUT2D eigenvalue weighted by Crippen LogP contribution is -2.19. The molecule has 7 heteroatoms. The Hall–Kier alpha value is -3.19. The number of amides is 2. The monoisotopic (exact) mass is 438 g/mol. The van der Waals surface area contributed by atoms with Crippen LogP contribution in [0.1, 0.15) is 44.5 Å². The first kappa shape index (κ1) is 21.1. The fourth-order valence-electron chi connectivity index (χ4n) is 3.76. The second-order valence-corrected chi connectivity index (χ2v) is 8.78. The van der Waals surface area contributed by atoms with Crippen LogP contribution in [0.3, 0.4) is 0 Å². The molecule has 1 heterocycles. The number of benzene rings is 2. The van der Waals surface area contributed by atoms with Gasteiger partial charge in [0.15, 0.2) is 0 Å². The van der Waals surface area contributed by atoms with Crippen LogP contribution in [0.5, 0.6) is 5.75 Å². The van der Waals surface area contributed by atoms with Crippen LogP contribution >= 0.6 is 11.3 Å². The number of rotatable bonds is 5. The SMILES string of the molecule is COc1ccc(NC(=O)c2c(NC(=O)c3ccccc3F)sc3c2CC[C@@H](C)C3)cc1. The van der Waals surface area contributed by atoms with Crippen molar-refractivity contribution in [2.24, 2.45) is 5.92 Å². The summed E-state index contributed by atoms with van der Waals surface area (Å²) in [7, 11) is 1.58. The molecule has 1 aliphatic carbocycles. The largest absolute Gasteiger partial charge is 0.497 e. The standard InChI is InChI=1S/C24H23FN2O3S/c1-14-7-12-18-20(13-14)31-24(27-22(28)17-5-3-4-6-19(17)25)21(18)23(29)26-15-8-10-16(30-2)11-9-15/h3-6,8-11,14H,7,12-13H2,1-2H3,(H,26,29)(H,27,28)/t14-/m1/s1. The molecule has 2 amide bonds. The molecular weight excluding hydrogens is 415 g/mol. The van der Waals surface area contributed by atoms with Crippen molar-refractivity contribution in [2.75, 3.05) is 17.7 Å². The minimum atomic E-state index is -0.598. The number of hydrogen-bond acceptors (Lipinski definition) is 4. The summed E-state index contributed by atoms with van der Waals surface area (Å²) in [4.78, 5) is 27.1. The van der Waals surface area contributed by atoms with E-state index in [0.717, 1.165) is 29.7 Å². The summed E-state index contributed by atoms with van der Waals surface area (Å²) in [6, 6.07) is 12.9. The summed E-state index contributed by atoms with van der Waals surface area (Å²) in [5.74, 6) is -0.250. The normalized spacial score (nSPS) is 15.1. The molecule has 0 saturated heterocycles. The summed E-state index contributed by atoms with van der Waals surface area (Å²) < 4.78 is 19.2. The predicted molar refractivity (Wildman–Crippen MR) is 121 cm³/mol. The van der Waals surface area contributed by atoms with E-state index >= 15 is 0 Å². The van der Waals surface area contributed by atoms with E-state index in [1.807, 2.05) is 0 Å². The van der Waals surface area contributed by atoms with Crippen molar-refractivity contribution >= 4 is 33.8 Å². The summed E-state index contributed by atoms with van der Waals surface area (Å²) >= 11 is 1.40. The van der Waals surface area contributed by atoms with Crippen LogP contribution in [0.4, 0.5) is 15.1 Å². The summed E-state index contributed by atoms with van der Waals surface area (Å²) in [6.07, 6.45) is 2.61. The molecule has 0 radical (unpaired) electrons. The molecule has 0 fully saturated rings. The quantitative estimate of drug-likeness (QED) is 0.551. The highest BCUT2D eigenvalue weighted by molar-refractivity contribution is 7.17. The van der Waals surface area contributed by atoms with Gasteiger partial charge in [-0.3, -0.25) is 9.59 Å². The van der Waals surface area contributed by atoms with Crippen LogP contribution in [0, 0.1) is 11.7 Å². The minimum absolute atomic E-state index is 0.0521. The van der Waals surface area contributed by atoms with E-state index in [4.69, 9.17) is 4.74 Å². The number of methoxy groups -OCH3 is 1. The van der Waals surface area contributed by atoms with Gasteiger partial charge in [0, 0.05) is 10.6 Å². The molecule has 1 aromatic heterocycles. The Bertz CT molecular complexity index is 1120. The van der Waals surface area contributed by atoms with Gasteiger partial charge in [0.1, 0.15) is 16.6 Å². The van der Waals surface area contributed by atoms with Gasteiger partial charge >= 0.3 is 0 Å². The number of carbonyl (C=O) groups excluding carboxylic acids is 2. The van der Waals surface area contributed by atoms with Crippen molar-refractivity contribution in [2.45, 2.75) is 26.2 Å². The lowest BCUT2D eigenvalue weighted by molar-refractivity contribution is 0.102. The van der Waals surface area contributed by atoms with Crippen molar-refractivity contribution in [3.8, 4) is 5.75 Å². The van der Waals surface area contributed by atoms with Crippen molar-refractivity contribution in [3.05, 3.63) is 75.9 Å². The molecule has 0 aliphatic heterocycles. The predicted octanol–water partition coefficient (Wildman–Crippen LogP) is 5.53. The molecule has 160 valence electrons. The third-order valence-electron chi connectivity index (χ3n) is 5.43. The first-order valence-electron chi connectivity index (χ1n) is 10.1. The second-order valence-electron chi connectivity index (χ2n) is 7.67. The molecule has 31 heavy (non-hydrogen) atoms. The van der Waals surface area contributed by atoms with E-state index in [0.29, 0.717) is 27.9 Å². The zero-order valence-corrected chi connectivity index (χ0v) is 18.1. The van der Waals surface area contributed by atoms with E-state index in [9.17, 15) is 14.0 Å². The third-order valence-corrected chi connectivity index (χ3v) is 6.60. The minimum Gasteiger partial charge on any atom is -0.497 e. The molecule has 1 aliphatic rings. The van der Waals surface area contributed by atoms with Gasteiger partial charge in [0.2, 0.25) is 0 Å². The van der Waals surface area contributed by atoms with Gasteiger partial charge < -0.3 is 15.4 Å². The molecule has 0 saturated carbocycles. The number of ether oxygens (including phenoxy) is 1. The highest BCUT2D eigenvalue weighted by Gasteiger charge is 2.29. The van der Waals surface area contributed by atoms with Gasteiger partial charge in [-0.05, 0) is 67.1 Å². The molecule has 0 unspecified atom stereocenters. The maximum absolute atomic E-state index is 14.1.